The van der Waals surface area contributed by atoms with Crippen LogP contribution in [0.4, 0.5) is 58.4 Å². The van der Waals surface area contributed by atoms with E-state index in [2.05, 4.69) is 56.2 Å². The highest BCUT2D eigenvalue weighted by Gasteiger charge is 2.21. The lowest BCUT2D eigenvalue weighted by Crippen LogP contribution is -2.31. The average Bonchev–Trinajstić information content (AvgIpc) is 3.38. The van der Waals surface area contributed by atoms with Crippen molar-refractivity contribution in [2.75, 3.05) is 108 Å². The van der Waals surface area contributed by atoms with Gasteiger partial charge in [-0.2, -0.15) is 38.3 Å². The molecule has 0 amide bonds. The molecule has 0 saturated carbocycles. The van der Waals surface area contributed by atoms with Gasteiger partial charge in [0.1, 0.15) is 4.90 Å². The minimum atomic E-state index is -4.93. The van der Waals surface area contributed by atoms with Crippen molar-refractivity contribution in [3.8, 4) is 0 Å². The minimum absolute atomic E-state index is 0.000201. The summed E-state index contributed by atoms with van der Waals surface area (Å²) in [5.74, 6) is -1.24. The third kappa shape index (κ3) is 16.4. The van der Waals surface area contributed by atoms with Crippen LogP contribution >= 0.6 is 12.0 Å². The first kappa shape index (κ1) is 58.5. The van der Waals surface area contributed by atoms with Gasteiger partial charge in [-0.25, -0.2) is 22.1 Å². The molecule has 0 fully saturated rings. The van der Waals surface area contributed by atoms with Gasteiger partial charge in [0.05, 0.1) is 73.0 Å². The second-order valence-electron chi connectivity index (χ2n) is 15.6. The molecule has 6 aromatic rings. The Morgan fingerprint density at radius 1 is 0.487 bits per heavy atom. The van der Waals surface area contributed by atoms with Gasteiger partial charge in [-0.15, -0.1) is 4.33 Å². The molecule has 0 atom stereocenters. The fourth-order valence-electron chi connectivity index (χ4n) is 6.85. The molecule has 0 unspecified atom stereocenters. The summed E-state index contributed by atoms with van der Waals surface area (Å²) in [5, 5.41) is 82.0. The van der Waals surface area contributed by atoms with Crippen LogP contribution in [0.1, 0.15) is 11.1 Å². The molecule has 0 aliphatic carbocycles. The molecule has 0 saturated heterocycles. The second-order valence-corrected chi connectivity index (χ2v) is 22.0. The van der Waals surface area contributed by atoms with E-state index >= 15 is 0 Å². The van der Waals surface area contributed by atoms with Gasteiger partial charge in [-0.3, -0.25) is 4.55 Å². The molecular formula is C44H52N12O16S4. The zero-order chi connectivity index (χ0) is 54.9. The van der Waals surface area contributed by atoms with Gasteiger partial charge in [-0.1, -0.05) is 29.3 Å². The molecule has 0 aliphatic heterocycles. The Kier molecular flexibility index (Phi) is 21.0. The van der Waals surface area contributed by atoms with Crippen molar-refractivity contribution in [3.05, 3.63) is 96.1 Å². The minimum Gasteiger partial charge on any atom is -0.395 e. The third-order valence-electron chi connectivity index (χ3n) is 10.4. The van der Waals surface area contributed by atoms with Crippen LogP contribution in [-0.4, -0.2) is 173 Å². The van der Waals surface area contributed by atoms with Gasteiger partial charge >= 0.3 is 0 Å². The van der Waals surface area contributed by atoms with Crippen molar-refractivity contribution in [2.45, 2.75) is 19.6 Å². The standard InChI is InChI=1S/C44H52N12O16S4/c57-19-15-55(16-20-58)43-51-39(45-31-7-11-35(12-8-31)74(64,65)25-23-61)49-41(53-43)47-33-5-3-29(37(27-33)73-72-71-63)1-2-30-4-6-34(28-38(30)76(68,69)70)48-42-50-40(52-44(54-42)56(17-21-59)18-22-60)46-32-9-13-36(14-10-32)75(66,67)26-24-62/h1-14,27-28,57-63H,15-26H2,(H,68,69,70)(H2,45,47,49,51,53)(H2,46,48,50,52,54)/b2-1+. The first-order chi connectivity index (χ1) is 36.4. The van der Waals surface area contributed by atoms with E-state index in [1.165, 1.54) is 88.7 Å². The van der Waals surface area contributed by atoms with Crippen LogP contribution in [0, 0.1) is 0 Å². The molecule has 0 bridgehead atoms. The van der Waals surface area contributed by atoms with Gasteiger partial charge in [0, 0.05) is 53.8 Å². The van der Waals surface area contributed by atoms with E-state index in [9.17, 15) is 50.2 Å². The lowest BCUT2D eigenvalue weighted by molar-refractivity contribution is -0.432. The number of aliphatic hydroxyl groups excluding tert-OH is 6. The Morgan fingerprint density at radius 2 is 0.855 bits per heavy atom. The van der Waals surface area contributed by atoms with E-state index in [-0.39, 0.29) is 114 Å². The molecule has 76 heavy (non-hydrogen) atoms. The molecule has 12 N–H and O–H groups in total. The number of hydrogen-bond donors (Lipinski definition) is 12. The average molecular weight is 1130 g/mol. The fraction of sp³-hybridized carbons (Fsp3) is 0.273. The van der Waals surface area contributed by atoms with Crippen LogP contribution in [0.15, 0.2) is 105 Å². The number of sulfone groups is 2. The van der Waals surface area contributed by atoms with E-state index in [0.717, 1.165) is 6.07 Å². The Bertz CT molecular complexity index is 3270. The van der Waals surface area contributed by atoms with E-state index in [1.807, 2.05) is 0 Å². The molecule has 408 valence electrons. The first-order valence-electron chi connectivity index (χ1n) is 22.4. The number of aromatic nitrogens is 6. The molecule has 28 nitrogen and oxygen atoms in total. The van der Waals surface area contributed by atoms with E-state index in [4.69, 9.17) is 19.8 Å². The Labute approximate surface area is 439 Å². The summed E-state index contributed by atoms with van der Waals surface area (Å²) in [4.78, 5) is 29.1. The van der Waals surface area contributed by atoms with Gasteiger partial charge < -0.3 is 61.7 Å². The highest BCUT2D eigenvalue weighted by molar-refractivity contribution is 7.94. The molecule has 4 aromatic carbocycles. The smallest absolute Gasteiger partial charge is 0.295 e. The second kappa shape index (κ2) is 27.3. The van der Waals surface area contributed by atoms with Crippen molar-refractivity contribution in [2.24, 2.45) is 0 Å². The summed E-state index contributed by atoms with van der Waals surface area (Å²) < 4.78 is 90.7. The quantitative estimate of drug-likeness (QED) is 0.0101. The fourth-order valence-corrected chi connectivity index (χ4v) is 10.1. The van der Waals surface area contributed by atoms with Crippen LogP contribution in [0.5, 0.6) is 0 Å². The highest BCUT2D eigenvalue weighted by Crippen LogP contribution is 2.32. The molecular weight excluding hydrogens is 1080 g/mol. The summed E-state index contributed by atoms with van der Waals surface area (Å²) in [6.07, 6.45) is 2.84. The Balaban J connectivity index is 1.29. The van der Waals surface area contributed by atoms with E-state index < -0.39 is 59.4 Å². The number of nitrogens with one attached hydrogen (secondary N) is 4. The largest absolute Gasteiger partial charge is 0.395 e. The van der Waals surface area contributed by atoms with Crippen LogP contribution < -0.4 is 31.1 Å². The number of anilines is 10. The summed E-state index contributed by atoms with van der Waals surface area (Å²) in [6.45, 7) is -2.41. The lowest BCUT2D eigenvalue weighted by atomic mass is 10.1. The lowest BCUT2D eigenvalue weighted by Gasteiger charge is -2.21. The topological polar surface area (TPSA) is 415 Å². The van der Waals surface area contributed by atoms with Crippen LogP contribution in [-0.2, 0) is 39.2 Å². The Hall–Kier alpha value is -6.76. The van der Waals surface area contributed by atoms with Crippen molar-refractivity contribution < 1.29 is 75.1 Å². The Morgan fingerprint density at radius 3 is 1.24 bits per heavy atom. The van der Waals surface area contributed by atoms with Crippen molar-refractivity contribution in [3.63, 3.8) is 0 Å². The van der Waals surface area contributed by atoms with Crippen molar-refractivity contribution in [1.29, 1.82) is 0 Å². The molecule has 0 radical (unpaired) electrons. The first-order valence-corrected chi connectivity index (χ1v) is 27.9. The van der Waals surface area contributed by atoms with Crippen molar-refractivity contribution >= 4 is 112 Å². The maximum Gasteiger partial charge on any atom is 0.295 e. The molecule has 0 aliphatic rings. The zero-order valence-electron chi connectivity index (χ0n) is 39.8. The number of aliphatic hydroxyl groups is 6. The maximum atomic E-state index is 12.9. The van der Waals surface area contributed by atoms with Gasteiger partial charge in [0.15, 0.2) is 19.7 Å². The number of nitrogens with zero attached hydrogens (tertiary/aromatic N) is 8. The monoisotopic (exact) mass is 1130 g/mol. The highest BCUT2D eigenvalue weighted by atomic mass is 32.2. The third-order valence-corrected chi connectivity index (χ3v) is 15.4. The van der Waals surface area contributed by atoms with Gasteiger partial charge in [0.25, 0.3) is 10.1 Å². The normalized spacial score (nSPS) is 11.9. The summed E-state index contributed by atoms with van der Waals surface area (Å²) in [7, 11) is -12.4. The maximum absolute atomic E-state index is 12.9. The van der Waals surface area contributed by atoms with E-state index in [0.29, 0.717) is 34.7 Å². The molecule has 32 heteroatoms. The summed E-state index contributed by atoms with van der Waals surface area (Å²) >= 11 is 0.551. The SMILES string of the molecule is O=S(=O)(O)c1cc(Nc2nc(Nc3ccc(S(=O)(=O)CCO)cc3)nc(N(CCO)CCO)n2)ccc1/C=C/c1ccc(Nc2nc(Nc3ccc(S(=O)(=O)CCO)cc3)nc(N(CCO)CCO)n2)cc1SOOO. The molecule has 2 aromatic heterocycles. The summed E-state index contributed by atoms with van der Waals surface area (Å²) in [5.41, 5.74) is 1.48. The number of benzene rings is 4. The molecule has 0 spiro atoms. The number of hydrogen-bond acceptors (Lipinski definition) is 28. The zero-order valence-corrected chi connectivity index (χ0v) is 43.0. The van der Waals surface area contributed by atoms with Gasteiger partial charge in [-0.05, 0) is 83.9 Å². The van der Waals surface area contributed by atoms with Crippen molar-refractivity contribution in [1.82, 2.24) is 29.9 Å². The van der Waals surface area contributed by atoms with Crippen LogP contribution in [0.25, 0.3) is 12.2 Å². The van der Waals surface area contributed by atoms with E-state index in [1.54, 1.807) is 12.1 Å². The predicted octanol–water partition coefficient (Wildman–Crippen LogP) is 1.99. The number of rotatable bonds is 30. The van der Waals surface area contributed by atoms with Crippen LogP contribution in [0.3, 0.4) is 0 Å². The van der Waals surface area contributed by atoms with Crippen LogP contribution in [0.2, 0.25) is 0 Å². The predicted molar refractivity (Wildman–Crippen MR) is 279 cm³/mol. The summed E-state index contributed by atoms with van der Waals surface area (Å²) in [6, 6.07) is 19.7. The van der Waals surface area contributed by atoms with Gasteiger partial charge in [0.2, 0.25) is 35.7 Å². The molecule has 6 rings (SSSR count). The molecule has 2 heterocycles.